The number of hydrogen-bond donors (Lipinski definition) is 3. The van der Waals surface area contributed by atoms with E-state index in [0.717, 1.165) is 12.0 Å². The molecule has 0 heterocycles. The molecule has 0 bridgehead atoms. The van der Waals surface area contributed by atoms with Crippen molar-refractivity contribution in [2.45, 2.75) is 13.3 Å². The first-order valence-electron chi connectivity index (χ1n) is 6.19. The number of benzene rings is 2. The average Bonchev–Trinajstić information content (AvgIpc) is 2.44. The predicted molar refractivity (Wildman–Crippen MR) is 84.0 cm³/mol. The van der Waals surface area contributed by atoms with Crippen LogP contribution in [0.2, 0.25) is 0 Å². The average molecular weight is 335 g/mol. The molecule has 0 saturated heterocycles. The fraction of sp³-hybridized carbons (Fsp3) is 0.133. The lowest BCUT2D eigenvalue weighted by Gasteiger charge is -2.09. The quantitative estimate of drug-likeness (QED) is 0.593. The van der Waals surface area contributed by atoms with E-state index in [1.54, 1.807) is 30.3 Å². The van der Waals surface area contributed by atoms with Crippen LogP contribution in [0.5, 0.6) is 5.75 Å². The van der Waals surface area contributed by atoms with E-state index in [4.69, 9.17) is 5.73 Å². The molecule has 0 unspecified atom stereocenters. The minimum Gasteiger partial charge on any atom is -0.506 e. The molecule has 0 aliphatic carbocycles. The Morgan fingerprint density at radius 1 is 1.30 bits per heavy atom. The van der Waals surface area contributed by atoms with Gasteiger partial charge in [-0.2, -0.15) is 0 Å². The number of rotatable bonds is 3. The van der Waals surface area contributed by atoms with Crippen LogP contribution in [0.4, 0.5) is 11.4 Å². The molecular formula is C15H15BrN2O2. The first kappa shape index (κ1) is 14.4. The minimum atomic E-state index is -0.297. The number of nitrogen functional groups attached to an aromatic ring is 1. The van der Waals surface area contributed by atoms with Crippen molar-refractivity contribution in [3.8, 4) is 5.75 Å². The van der Waals surface area contributed by atoms with Crippen molar-refractivity contribution in [2.75, 3.05) is 11.1 Å². The number of aromatic hydroxyl groups is 1. The summed E-state index contributed by atoms with van der Waals surface area (Å²) in [5, 5.41) is 12.5. The molecule has 0 atom stereocenters. The molecule has 0 aliphatic rings. The van der Waals surface area contributed by atoms with Gasteiger partial charge in [0.25, 0.3) is 5.91 Å². The summed E-state index contributed by atoms with van der Waals surface area (Å²) in [6.45, 7) is 2.01. The molecule has 0 spiro atoms. The van der Waals surface area contributed by atoms with Gasteiger partial charge in [-0.1, -0.05) is 13.0 Å². The predicted octanol–water partition coefficient (Wildman–Crippen LogP) is 3.55. The molecule has 5 heteroatoms. The first-order valence-corrected chi connectivity index (χ1v) is 6.99. The van der Waals surface area contributed by atoms with Crippen molar-refractivity contribution in [1.82, 2.24) is 0 Å². The van der Waals surface area contributed by atoms with Crippen LogP contribution in [0.3, 0.4) is 0 Å². The van der Waals surface area contributed by atoms with Crippen molar-refractivity contribution in [3.05, 3.63) is 52.0 Å². The summed E-state index contributed by atoms with van der Waals surface area (Å²) in [5.74, 6) is -0.251. The molecule has 0 radical (unpaired) electrons. The highest BCUT2D eigenvalue weighted by molar-refractivity contribution is 9.10. The lowest BCUT2D eigenvalue weighted by molar-refractivity contribution is 0.102. The first-order chi connectivity index (χ1) is 9.51. The molecule has 0 saturated carbocycles. The Morgan fingerprint density at radius 3 is 2.70 bits per heavy atom. The van der Waals surface area contributed by atoms with Gasteiger partial charge in [0.1, 0.15) is 5.75 Å². The van der Waals surface area contributed by atoms with Gasteiger partial charge in [0.15, 0.2) is 0 Å². The third-order valence-corrected chi connectivity index (χ3v) is 3.67. The zero-order chi connectivity index (χ0) is 14.7. The Labute approximate surface area is 125 Å². The molecule has 4 N–H and O–H groups in total. The zero-order valence-electron chi connectivity index (χ0n) is 11.0. The topological polar surface area (TPSA) is 75.3 Å². The van der Waals surface area contributed by atoms with Crippen molar-refractivity contribution >= 4 is 33.2 Å². The molecule has 1 amide bonds. The summed E-state index contributed by atoms with van der Waals surface area (Å²) < 4.78 is 0.664. The number of nitrogens with two attached hydrogens (primary N) is 1. The number of carbonyl (C=O) groups is 1. The molecule has 4 nitrogen and oxygen atoms in total. The SMILES string of the molecule is CCc1ccc(O)c(NC(=O)c2ccc(N)c(Br)c2)c1. The summed E-state index contributed by atoms with van der Waals surface area (Å²) in [7, 11) is 0. The van der Waals surface area contributed by atoms with E-state index in [-0.39, 0.29) is 11.7 Å². The van der Waals surface area contributed by atoms with Gasteiger partial charge in [-0.05, 0) is 58.2 Å². The Morgan fingerprint density at radius 2 is 2.05 bits per heavy atom. The lowest BCUT2D eigenvalue weighted by atomic mass is 10.1. The van der Waals surface area contributed by atoms with Crippen LogP contribution < -0.4 is 11.1 Å². The fourth-order valence-corrected chi connectivity index (χ4v) is 2.14. The molecule has 2 rings (SSSR count). The molecule has 2 aromatic carbocycles. The summed E-state index contributed by atoms with van der Waals surface area (Å²) in [6, 6.07) is 10.1. The standard InChI is InChI=1S/C15H15BrN2O2/c1-2-9-3-6-14(19)13(7-9)18-15(20)10-4-5-12(17)11(16)8-10/h3-8,19H,2,17H2,1H3,(H,18,20). The van der Waals surface area contributed by atoms with Gasteiger partial charge < -0.3 is 16.2 Å². The van der Waals surface area contributed by atoms with E-state index in [0.29, 0.717) is 21.4 Å². The van der Waals surface area contributed by atoms with E-state index in [1.807, 2.05) is 13.0 Å². The second-order valence-electron chi connectivity index (χ2n) is 4.40. The van der Waals surface area contributed by atoms with Crippen LogP contribution in [0.15, 0.2) is 40.9 Å². The van der Waals surface area contributed by atoms with Gasteiger partial charge in [-0.25, -0.2) is 0 Å². The fourth-order valence-electron chi connectivity index (χ4n) is 1.77. The van der Waals surface area contributed by atoms with Gasteiger partial charge in [-0.15, -0.1) is 0 Å². The number of carbonyl (C=O) groups excluding carboxylic acids is 1. The maximum Gasteiger partial charge on any atom is 0.255 e. The second-order valence-corrected chi connectivity index (χ2v) is 5.25. The second kappa shape index (κ2) is 5.96. The summed E-state index contributed by atoms with van der Waals surface area (Å²) in [4.78, 5) is 12.1. The number of phenolic OH excluding ortho intramolecular Hbond substituents is 1. The Balaban J connectivity index is 2.25. The number of aryl methyl sites for hydroxylation is 1. The maximum atomic E-state index is 12.1. The number of amides is 1. The summed E-state index contributed by atoms with van der Waals surface area (Å²) >= 11 is 3.28. The molecule has 2 aromatic rings. The number of anilines is 2. The van der Waals surface area contributed by atoms with E-state index in [1.165, 1.54) is 0 Å². The highest BCUT2D eigenvalue weighted by atomic mass is 79.9. The van der Waals surface area contributed by atoms with Crippen LogP contribution in [-0.4, -0.2) is 11.0 Å². The summed E-state index contributed by atoms with van der Waals surface area (Å²) in [5.41, 5.74) is 8.16. The maximum absolute atomic E-state index is 12.1. The Bertz CT molecular complexity index is 656. The lowest BCUT2D eigenvalue weighted by Crippen LogP contribution is -2.12. The molecule has 104 valence electrons. The third-order valence-electron chi connectivity index (χ3n) is 2.98. The molecule has 0 aromatic heterocycles. The molecular weight excluding hydrogens is 320 g/mol. The Kier molecular flexibility index (Phi) is 4.29. The van der Waals surface area contributed by atoms with E-state index in [9.17, 15) is 9.90 Å². The van der Waals surface area contributed by atoms with E-state index < -0.39 is 0 Å². The van der Waals surface area contributed by atoms with Crippen LogP contribution in [0, 0.1) is 0 Å². The van der Waals surface area contributed by atoms with E-state index >= 15 is 0 Å². The van der Waals surface area contributed by atoms with Crippen molar-refractivity contribution in [2.24, 2.45) is 0 Å². The van der Waals surface area contributed by atoms with Crippen molar-refractivity contribution in [3.63, 3.8) is 0 Å². The normalized spacial score (nSPS) is 10.3. The van der Waals surface area contributed by atoms with Crippen LogP contribution in [0.1, 0.15) is 22.8 Å². The van der Waals surface area contributed by atoms with Gasteiger partial charge in [-0.3, -0.25) is 4.79 Å². The monoisotopic (exact) mass is 334 g/mol. The van der Waals surface area contributed by atoms with Crippen molar-refractivity contribution < 1.29 is 9.90 Å². The third kappa shape index (κ3) is 3.11. The summed E-state index contributed by atoms with van der Waals surface area (Å²) in [6.07, 6.45) is 0.830. The number of nitrogens with one attached hydrogen (secondary N) is 1. The minimum absolute atomic E-state index is 0.0464. The van der Waals surface area contributed by atoms with Gasteiger partial charge in [0.05, 0.1) is 5.69 Å². The largest absolute Gasteiger partial charge is 0.506 e. The van der Waals surface area contributed by atoms with Crippen LogP contribution in [-0.2, 0) is 6.42 Å². The van der Waals surface area contributed by atoms with E-state index in [2.05, 4.69) is 21.2 Å². The van der Waals surface area contributed by atoms with Crippen molar-refractivity contribution in [1.29, 1.82) is 0 Å². The molecule has 0 aliphatic heterocycles. The number of halogens is 1. The number of hydrogen-bond acceptors (Lipinski definition) is 3. The zero-order valence-corrected chi connectivity index (χ0v) is 12.6. The highest BCUT2D eigenvalue weighted by Crippen LogP contribution is 2.26. The van der Waals surface area contributed by atoms with Gasteiger partial charge in [0, 0.05) is 15.7 Å². The van der Waals surface area contributed by atoms with Crippen LogP contribution >= 0.6 is 15.9 Å². The highest BCUT2D eigenvalue weighted by Gasteiger charge is 2.10. The van der Waals surface area contributed by atoms with Gasteiger partial charge >= 0.3 is 0 Å². The van der Waals surface area contributed by atoms with Gasteiger partial charge in [0.2, 0.25) is 0 Å². The smallest absolute Gasteiger partial charge is 0.255 e. The number of phenols is 1. The molecule has 0 fully saturated rings. The Hall–Kier alpha value is -2.01. The molecule has 20 heavy (non-hydrogen) atoms. The van der Waals surface area contributed by atoms with Crippen LogP contribution in [0.25, 0.3) is 0 Å².